The fourth-order valence-electron chi connectivity index (χ4n) is 4.32. The molecule has 0 spiro atoms. The Morgan fingerprint density at radius 2 is 1.62 bits per heavy atom. The molecule has 3 aromatic carbocycles. The smallest absolute Gasteiger partial charge is 0.249 e. The maximum Gasteiger partial charge on any atom is 0.249 e. The number of rotatable bonds is 8. The van der Waals surface area contributed by atoms with E-state index in [1.54, 1.807) is 11.9 Å². The average molecular weight is 454 g/mol. The molecule has 1 N–H and O–H groups in total. The van der Waals surface area contributed by atoms with Gasteiger partial charge in [-0.25, -0.2) is 0 Å². The second-order valence-corrected chi connectivity index (χ2v) is 8.68. The maximum absolute atomic E-state index is 13.5. The minimum atomic E-state index is -0.666. The first-order valence-electron chi connectivity index (χ1n) is 11.7. The number of para-hydroxylation sites is 1. The minimum absolute atomic E-state index is 0.142. The molecule has 174 valence electrons. The van der Waals surface area contributed by atoms with Crippen molar-refractivity contribution >= 4 is 28.4 Å². The second kappa shape index (κ2) is 10.4. The summed E-state index contributed by atoms with van der Waals surface area (Å²) in [6, 6.07) is 25.0. The van der Waals surface area contributed by atoms with E-state index in [9.17, 15) is 9.59 Å². The van der Waals surface area contributed by atoms with Gasteiger partial charge in [-0.1, -0.05) is 66.2 Å². The van der Waals surface area contributed by atoms with Crippen molar-refractivity contribution < 1.29 is 9.59 Å². The van der Waals surface area contributed by atoms with E-state index in [0.29, 0.717) is 6.42 Å². The van der Waals surface area contributed by atoms with Gasteiger partial charge in [0.1, 0.15) is 6.04 Å². The van der Waals surface area contributed by atoms with Crippen LogP contribution in [0.15, 0.2) is 85.1 Å². The van der Waals surface area contributed by atoms with E-state index >= 15 is 0 Å². The van der Waals surface area contributed by atoms with Gasteiger partial charge in [-0.15, -0.1) is 0 Å². The molecule has 0 bridgehead atoms. The Labute approximate surface area is 201 Å². The van der Waals surface area contributed by atoms with Gasteiger partial charge in [-0.3, -0.25) is 9.59 Å². The van der Waals surface area contributed by atoms with Crippen LogP contribution in [0.2, 0.25) is 0 Å². The summed E-state index contributed by atoms with van der Waals surface area (Å²) in [6.45, 7) is 4.93. The van der Waals surface area contributed by atoms with Crippen molar-refractivity contribution in [3.05, 3.63) is 102 Å². The third-order valence-electron chi connectivity index (χ3n) is 6.23. The monoisotopic (exact) mass is 453 g/mol. The standard InChI is InChI=1S/C29H31N3O2/c1-4-32-20-23(25-12-8-9-13-27(25)32)19-28(33)30-26(18-22-10-6-5-7-11-22)29(34)31(3)24-16-14-21(2)15-17-24/h5-17,20,26H,4,18-19H2,1-3H3,(H,30,33)/t26-/m0/s1. The van der Waals surface area contributed by atoms with Crippen molar-refractivity contribution in [3.8, 4) is 0 Å². The van der Waals surface area contributed by atoms with Crippen molar-refractivity contribution in [2.75, 3.05) is 11.9 Å². The Morgan fingerprint density at radius 1 is 0.941 bits per heavy atom. The Balaban J connectivity index is 1.56. The molecule has 5 heteroatoms. The number of fused-ring (bicyclic) bond motifs is 1. The van der Waals surface area contributed by atoms with Gasteiger partial charge in [-0.05, 0) is 43.2 Å². The van der Waals surface area contributed by atoms with Crippen LogP contribution < -0.4 is 10.2 Å². The molecule has 0 unspecified atom stereocenters. The number of amides is 2. The SMILES string of the molecule is CCn1cc(CC(=O)N[C@@H](Cc2ccccc2)C(=O)N(C)c2ccc(C)cc2)c2ccccc21. The zero-order valence-corrected chi connectivity index (χ0v) is 20.0. The summed E-state index contributed by atoms with van der Waals surface area (Å²) < 4.78 is 2.15. The lowest BCUT2D eigenvalue weighted by Gasteiger charge is -2.25. The molecule has 4 rings (SSSR count). The Hall–Kier alpha value is -3.86. The number of carbonyl (C=O) groups excluding carboxylic acids is 2. The molecule has 1 heterocycles. The zero-order valence-electron chi connectivity index (χ0n) is 20.0. The lowest BCUT2D eigenvalue weighted by atomic mass is 10.0. The second-order valence-electron chi connectivity index (χ2n) is 8.68. The van der Waals surface area contributed by atoms with Crippen LogP contribution in [-0.4, -0.2) is 29.5 Å². The van der Waals surface area contributed by atoms with Gasteiger partial charge < -0.3 is 14.8 Å². The fourth-order valence-corrected chi connectivity index (χ4v) is 4.32. The van der Waals surface area contributed by atoms with E-state index in [1.165, 1.54) is 0 Å². The van der Waals surface area contributed by atoms with Crippen molar-refractivity contribution in [1.82, 2.24) is 9.88 Å². The highest BCUT2D eigenvalue weighted by Crippen LogP contribution is 2.22. The molecular weight excluding hydrogens is 422 g/mol. The largest absolute Gasteiger partial charge is 0.347 e. The number of hydrogen-bond donors (Lipinski definition) is 1. The molecular formula is C29H31N3O2. The predicted molar refractivity (Wildman–Crippen MR) is 138 cm³/mol. The molecule has 0 aliphatic carbocycles. The number of aromatic nitrogens is 1. The quantitative estimate of drug-likeness (QED) is 0.412. The summed E-state index contributed by atoms with van der Waals surface area (Å²) in [7, 11) is 1.76. The molecule has 4 aromatic rings. The number of benzene rings is 3. The van der Waals surface area contributed by atoms with Crippen LogP contribution in [0.3, 0.4) is 0 Å². The highest BCUT2D eigenvalue weighted by Gasteiger charge is 2.26. The molecule has 0 saturated carbocycles. The van der Waals surface area contributed by atoms with Gasteiger partial charge in [0, 0.05) is 42.8 Å². The summed E-state index contributed by atoms with van der Waals surface area (Å²) in [5, 5.41) is 4.10. The number of carbonyl (C=O) groups is 2. The minimum Gasteiger partial charge on any atom is -0.347 e. The molecule has 0 radical (unpaired) electrons. The van der Waals surface area contributed by atoms with E-state index in [0.717, 1.165) is 39.8 Å². The maximum atomic E-state index is 13.5. The lowest BCUT2D eigenvalue weighted by molar-refractivity contribution is -0.127. The van der Waals surface area contributed by atoms with Crippen LogP contribution in [0, 0.1) is 6.92 Å². The van der Waals surface area contributed by atoms with E-state index in [4.69, 9.17) is 0 Å². The van der Waals surface area contributed by atoms with Gasteiger partial charge in [0.2, 0.25) is 11.8 Å². The van der Waals surface area contributed by atoms with Crippen molar-refractivity contribution in [2.24, 2.45) is 0 Å². The highest BCUT2D eigenvalue weighted by atomic mass is 16.2. The third kappa shape index (κ3) is 5.20. The van der Waals surface area contributed by atoms with E-state index in [2.05, 4.69) is 22.9 Å². The fraction of sp³-hybridized carbons (Fsp3) is 0.241. The normalized spacial score (nSPS) is 11.9. The molecule has 34 heavy (non-hydrogen) atoms. The molecule has 0 aliphatic rings. The van der Waals surface area contributed by atoms with Crippen LogP contribution in [0.5, 0.6) is 0 Å². The van der Waals surface area contributed by atoms with E-state index in [-0.39, 0.29) is 18.2 Å². The lowest BCUT2D eigenvalue weighted by Crippen LogP contribution is -2.49. The molecule has 0 fully saturated rings. The summed E-state index contributed by atoms with van der Waals surface area (Å²) in [5.41, 5.74) is 5.01. The predicted octanol–water partition coefficient (Wildman–Crippen LogP) is 4.90. The number of likely N-dealkylation sites (N-methyl/N-ethyl adjacent to an activating group) is 1. The van der Waals surface area contributed by atoms with Crippen LogP contribution in [0.25, 0.3) is 10.9 Å². The molecule has 2 amide bonds. The summed E-state index contributed by atoms with van der Waals surface area (Å²) in [4.78, 5) is 28.3. The van der Waals surface area contributed by atoms with Gasteiger partial charge in [0.15, 0.2) is 0 Å². The van der Waals surface area contributed by atoms with Gasteiger partial charge in [0.05, 0.1) is 6.42 Å². The summed E-state index contributed by atoms with van der Waals surface area (Å²) in [5.74, 6) is -0.303. The molecule has 1 aromatic heterocycles. The first-order chi connectivity index (χ1) is 16.5. The number of nitrogens with zero attached hydrogens (tertiary/aromatic N) is 2. The van der Waals surface area contributed by atoms with Crippen LogP contribution >= 0.6 is 0 Å². The topological polar surface area (TPSA) is 54.3 Å². The van der Waals surface area contributed by atoms with Crippen molar-refractivity contribution in [1.29, 1.82) is 0 Å². The van der Waals surface area contributed by atoms with Gasteiger partial charge in [0.25, 0.3) is 0 Å². The summed E-state index contributed by atoms with van der Waals surface area (Å²) in [6.07, 6.45) is 2.69. The number of nitrogens with one attached hydrogen (secondary N) is 1. The average Bonchev–Trinajstić information content (AvgIpc) is 3.21. The van der Waals surface area contributed by atoms with Crippen LogP contribution in [0.4, 0.5) is 5.69 Å². The molecule has 0 aliphatic heterocycles. The summed E-state index contributed by atoms with van der Waals surface area (Å²) >= 11 is 0. The molecule has 0 saturated heterocycles. The van der Waals surface area contributed by atoms with E-state index < -0.39 is 6.04 Å². The van der Waals surface area contributed by atoms with E-state index in [1.807, 2.05) is 85.9 Å². The first-order valence-corrected chi connectivity index (χ1v) is 11.7. The zero-order chi connectivity index (χ0) is 24.1. The Bertz CT molecular complexity index is 1280. The molecule has 1 atom stereocenters. The Morgan fingerprint density at radius 3 is 2.32 bits per heavy atom. The van der Waals surface area contributed by atoms with Crippen LogP contribution in [-0.2, 0) is 29.0 Å². The first kappa shape index (κ1) is 23.3. The number of aryl methyl sites for hydroxylation is 2. The molecule has 5 nitrogen and oxygen atoms in total. The van der Waals surface area contributed by atoms with Crippen LogP contribution in [0.1, 0.15) is 23.6 Å². The third-order valence-corrected chi connectivity index (χ3v) is 6.23. The highest BCUT2D eigenvalue weighted by molar-refractivity contribution is 5.99. The van der Waals surface area contributed by atoms with Gasteiger partial charge >= 0.3 is 0 Å². The number of anilines is 1. The van der Waals surface area contributed by atoms with Crippen molar-refractivity contribution in [2.45, 2.75) is 39.3 Å². The Kier molecular flexibility index (Phi) is 7.12. The van der Waals surface area contributed by atoms with Gasteiger partial charge in [-0.2, -0.15) is 0 Å². The number of hydrogen-bond acceptors (Lipinski definition) is 2. The van der Waals surface area contributed by atoms with Crippen molar-refractivity contribution in [3.63, 3.8) is 0 Å².